The van der Waals surface area contributed by atoms with Gasteiger partial charge in [0, 0.05) is 13.1 Å². The Morgan fingerprint density at radius 3 is 2.43 bits per heavy atom. The van der Waals surface area contributed by atoms with Crippen molar-refractivity contribution in [2.24, 2.45) is 5.92 Å². The average Bonchev–Trinajstić information content (AvgIpc) is 2.98. The maximum Gasteiger partial charge on any atom is 0.325 e. The first kappa shape index (κ1) is 21.3. The number of hydrogen-bond donors (Lipinski definition) is 1. The van der Waals surface area contributed by atoms with Gasteiger partial charge in [0.25, 0.3) is 5.91 Å². The molecular formula is C21H24N4O5. The number of piperidine rings is 1. The summed E-state index contributed by atoms with van der Waals surface area (Å²) in [6.45, 7) is 4.03. The van der Waals surface area contributed by atoms with Gasteiger partial charge in [0.1, 0.15) is 12.1 Å². The van der Waals surface area contributed by atoms with Gasteiger partial charge in [0.2, 0.25) is 5.91 Å². The van der Waals surface area contributed by atoms with E-state index in [1.165, 1.54) is 0 Å². The van der Waals surface area contributed by atoms with Crippen molar-refractivity contribution in [3.05, 3.63) is 35.4 Å². The average molecular weight is 412 g/mol. The quantitative estimate of drug-likeness (QED) is 0.572. The topological polar surface area (TPSA) is 120 Å². The van der Waals surface area contributed by atoms with E-state index in [0.29, 0.717) is 43.7 Å². The van der Waals surface area contributed by atoms with Crippen LogP contribution in [0.1, 0.15) is 37.8 Å². The fourth-order valence-electron chi connectivity index (χ4n) is 3.77. The van der Waals surface area contributed by atoms with Gasteiger partial charge in [-0.05, 0) is 44.4 Å². The lowest BCUT2D eigenvalue weighted by atomic mass is 9.91. The minimum Gasteiger partial charge on any atom is -0.466 e. The fourth-order valence-corrected chi connectivity index (χ4v) is 3.77. The van der Waals surface area contributed by atoms with Crippen LogP contribution >= 0.6 is 0 Å². The third-order valence-electron chi connectivity index (χ3n) is 5.63. The van der Waals surface area contributed by atoms with Crippen LogP contribution in [0.15, 0.2) is 24.3 Å². The Morgan fingerprint density at radius 2 is 1.87 bits per heavy atom. The van der Waals surface area contributed by atoms with Gasteiger partial charge >= 0.3 is 12.0 Å². The molecule has 1 N–H and O–H groups in total. The summed E-state index contributed by atoms with van der Waals surface area (Å²) < 4.78 is 5.03. The molecule has 1 aromatic rings. The molecule has 0 radical (unpaired) electrons. The molecule has 2 saturated heterocycles. The number of nitrogens with zero attached hydrogens (tertiary/aromatic N) is 3. The molecule has 3 rings (SSSR count). The lowest BCUT2D eigenvalue weighted by molar-refractivity contribution is -0.151. The second kappa shape index (κ2) is 8.53. The van der Waals surface area contributed by atoms with Crippen LogP contribution in [0.2, 0.25) is 0 Å². The standard InChI is InChI=1S/C21H24N4O5/c1-3-30-18(27)15-8-10-24(11-9-15)17(26)13-25-19(28)21(2,23-20(25)29)16-6-4-14(12-22)5-7-16/h4-7,15H,3,8-11,13H2,1-2H3,(H,23,29). The molecule has 1 aromatic carbocycles. The van der Waals surface area contributed by atoms with Gasteiger partial charge in [-0.15, -0.1) is 0 Å². The van der Waals surface area contributed by atoms with E-state index >= 15 is 0 Å². The maximum atomic E-state index is 13.0. The number of rotatable bonds is 5. The molecule has 2 aliphatic heterocycles. The number of benzene rings is 1. The molecule has 4 amide bonds. The van der Waals surface area contributed by atoms with Gasteiger partial charge in [-0.2, -0.15) is 5.26 Å². The van der Waals surface area contributed by atoms with Crippen molar-refractivity contribution in [3.8, 4) is 6.07 Å². The minimum absolute atomic E-state index is 0.231. The van der Waals surface area contributed by atoms with E-state index in [4.69, 9.17) is 10.00 Å². The zero-order valence-electron chi connectivity index (χ0n) is 17.0. The Hall–Kier alpha value is -3.41. The van der Waals surface area contributed by atoms with Gasteiger partial charge in [-0.25, -0.2) is 4.79 Å². The van der Waals surface area contributed by atoms with Crippen molar-refractivity contribution < 1.29 is 23.9 Å². The van der Waals surface area contributed by atoms with Crippen LogP contribution in [0.25, 0.3) is 0 Å². The van der Waals surface area contributed by atoms with E-state index in [1.54, 1.807) is 43.0 Å². The summed E-state index contributed by atoms with van der Waals surface area (Å²) in [5.74, 6) is -1.35. The molecule has 2 heterocycles. The number of amides is 4. The SMILES string of the molecule is CCOC(=O)C1CCN(C(=O)CN2C(=O)NC(C)(c3ccc(C#N)cc3)C2=O)CC1. The number of urea groups is 1. The summed E-state index contributed by atoms with van der Waals surface area (Å²) in [6, 6.07) is 7.73. The summed E-state index contributed by atoms with van der Waals surface area (Å²) in [4.78, 5) is 52.4. The Labute approximate surface area is 174 Å². The second-order valence-electron chi connectivity index (χ2n) is 7.54. The number of ether oxygens (including phenoxy) is 1. The number of carbonyl (C=O) groups excluding carboxylic acids is 4. The predicted molar refractivity (Wildman–Crippen MR) is 105 cm³/mol. The van der Waals surface area contributed by atoms with Gasteiger partial charge in [-0.1, -0.05) is 12.1 Å². The third kappa shape index (κ3) is 3.99. The van der Waals surface area contributed by atoms with Gasteiger partial charge in [0.05, 0.1) is 24.2 Å². The molecule has 0 bridgehead atoms. The summed E-state index contributed by atoms with van der Waals surface area (Å²) in [5.41, 5.74) is -0.329. The molecule has 158 valence electrons. The first-order valence-corrected chi connectivity index (χ1v) is 9.89. The van der Waals surface area contributed by atoms with E-state index in [-0.39, 0.29) is 24.3 Å². The highest BCUT2D eigenvalue weighted by atomic mass is 16.5. The van der Waals surface area contributed by atoms with Crippen molar-refractivity contribution in [2.75, 3.05) is 26.2 Å². The first-order chi connectivity index (χ1) is 14.3. The molecule has 30 heavy (non-hydrogen) atoms. The lowest BCUT2D eigenvalue weighted by Crippen LogP contribution is -2.47. The summed E-state index contributed by atoms with van der Waals surface area (Å²) in [6.07, 6.45) is 0.987. The van der Waals surface area contributed by atoms with Crippen LogP contribution in [0.3, 0.4) is 0 Å². The van der Waals surface area contributed by atoms with Crippen LogP contribution < -0.4 is 5.32 Å². The molecule has 9 nitrogen and oxygen atoms in total. The largest absolute Gasteiger partial charge is 0.466 e. The molecule has 0 saturated carbocycles. The molecule has 9 heteroatoms. The fraction of sp³-hybridized carbons (Fsp3) is 0.476. The highest BCUT2D eigenvalue weighted by Gasteiger charge is 2.49. The van der Waals surface area contributed by atoms with Crippen LogP contribution in [-0.2, 0) is 24.7 Å². The van der Waals surface area contributed by atoms with Crippen molar-refractivity contribution in [1.82, 2.24) is 15.1 Å². The van der Waals surface area contributed by atoms with Crippen LogP contribution in [-0.4, -0.2) is 59.9 Å². The van der Waals surface area contributed by atoms with E-state index in [2.05, 4.69) is 5.32 Å². The van der Waals surface area contributed by atoms with Gasteiger partial charge < -0.3 is 15.0 Å². The molecule has 1 unspecified atom stereocenters. The molecule has 1 atom stereocenters. The number of esters is 1. The second-order valence-corrected chi connectivity index (χ2v) is 7.54. The Kier molecular flexibility index (Phi) is 6.06. The van der Waals surface area contributed by atoms with E-state index < -0.39 is 17.5 Å². The number of hydrogen-bond acceptors (Lipinski definition) is 6. The van der Waals surface area contributed by atoms with E-state index in [0.717, 1.165) is 4.90 Å². The number of likely N-dealkylation sites (tertiary alicyclic amines) is 1. The van der Waals surface area contributed by atoms with Crippen molar-refractivity contribution in [1.29, 1.82) is 5.26 Å². The lowest BCUT2D eigenvalue weighted by Gasteiger charge is -2.31. The summed E-state index contributed by atoms with van der Waals surface area (Å²) >= 11 is 0. The van der Waals surface area contributed by atoms with Crippen molar-refractivity contribution in [2.45, 2.75) is 32.2 Å². The zero-order chi connectivity index (χ0) is 21.9. The third-order valence-corrected chi connectivity index (χ3v) is 5.63. The Morgan fingerprint density at radius 1 is 1.23 bits per heavy atom. The zero-order valence-corrected chi connectivity index (χ0v) is 17.0. The van der Waals surface area contributed by atoms with Gasteiger partial charge in [-0.3, -0.25) is 19.3 Å². The van der Waals surface area contributed by atoms with Crippen LogP contribution in [0.4, 0.5) is 4.79 Å². The number of nitriles is 1. The number of carbonyl (C=O) groups is 4. The maximum absolute atomic E-state index is 13.0. The molecule has 0 spiro atoms. The Bertz CT molecular complexity index is 899. The first-order valence-electron chi connectivity index (χ1n) is 9.89. The highest BCUT2D eigenvalue weighted by Crippen LogP contribution is 2.29. The summed E-state index contributed by atoms with van der Waals surface area (Å²) in [7, 11) is 0. The van der Waals surface area contributed by atoms with Gasteiger partial charge in [0.15, 0.2) is 0 Å². The number of nitrogens with one attached hydrogen (secondary N) is 1. The summed E-state index contributed by atoms with van der Waals surface area (Å²) in [5, 5.41) is 11.6. The normalized spacial score (nSPS) is 21.9. The smallest absolute Gasteiger partial charge is 0.325 e. The van der Waals surface area contributed by atoms with Crippen LogP contribution in [0.5, 0.6) is 0 Å². The Balaban J connectivity index is 1.63. The molecule has 2 fully saturated rings. The molecule has 2 aliphatic rings. The van der Waals surface area contributed by atoms with E-state index in [1.807, 2.05) is 6.07 Å². The van der Waals surface area contributed by atoms with Crippen LogP contribution in [0, 0.1) is 17.2 Å². The van der Waals surface area contributed by atoms with Crippen molar-refractivity contribution in [3.63, 3.8) is 0 Å². The molecule has 0 aromatic heterocycles. The molecule has 0 aliphatic carbocycles. The van der Waals surface area contributed by atoms with E-state index in [9.17, 15) is 19.2 Å². The monoisotopic (exact) mass is 412 g/mol. The predicted octanol–water partition coefficient (Wildman–Crippen LogP) is 1.13. The minimum atomic E-state index is -1.30. The highest BCUT2D eigenvalue weighted by molar-refractivity contribution is 6.09. The molecular weight excluding hydrogens is 388 g/mol. The number of imide groups is 1. The van der Waals surface area contributed by atoms with Crippen molar-refractivity contribution >= 4 is 23.8 Å².